The molecule has 23 heavy (non-hydrogen) atoms. The molecule has 0 aliphatic rings. The molecular weight excluding hydrogens is 569 g/mol. The van der Waals surface area contributed by atoms with Gasteiger partial charge in [-0.2, -0.15) is 0 Å². The first-order valence-corrected chi connectivity index (χ1v) is 10.8. The van der Waals surface area contributed by atoms with Crippen molar-refractivity contribution in [2.45, 2.75) is 24.5 Å². The van der Waals surface area contributed by atoms with Gasteiger partial charge in [0.1, 0.15) is 0 Å². The average Bonchev–Trinajstić information content (AvgIpc) is 2.54. The van der Waals surface area contributed by atoms with Gasteiger partial charge < -0.3 is 0 Å². The van der Waals surface area contributed by atoms with Gasteiger partial charge >= 0.3 is 24.8 Å². The Morgan fingerprint density at radius 3 is 1.52 bits per heavy atom. The Hall–Kier alpha value is 0.575. The van der Waals surface area contributed by atoms with E-state index in [4.69, 9.17) is 0 Å². The normalized spacial score (nSPS) is 9.13. The Balaban J connectivity index is 0.000000365. The number of thiol groups is 1. The molecule has 2 aromatic rings. The standard InChI is InChI=1S/C8H7Br3.C8H9Br.BHNS/c9-4-6-2-1-3-7(5-10)8(6)11;1-6-4-3-5-7(2)8(6)9;1-2-3/h1-3H,4-5H2;3-5H,1-2H3;3H. The molecule has 0 atom stereocenters. The van der Waals surface area contributed by atoms with Crippen LogP contribution in [0.5, 0.6) is 0 Å². The molecule has 0 heterocycles. The van der Waals surface area contributed by atoms with E-state index in [-0.39, 0.29) is 0 Å². The van der Waals surface area contributed by atoms with E-state index in [1.54, 1.807) is 0 Å². The van der Waals surface area contributed by atoms with E-state index >= 15 is 0 Å². The van der Waals surface area contributed by atoms with Crippen LogP contribution in [0.3, 0.4) is 0 Å². The van der Waals surface area contributed by atoms with E-state index in [0.29, 0.717) is 0 Å². The molecule has 0 fully saturated rings. The Kier molecular flexibility index (Phi) is 14.2. The summed E-state index contributed by atoms with van der Waals surface area (Å²) in [5, 5.41) is 1.79. The number of aryl methyl sites for hydroxylation is 2. The van der Waals surface area contributed by atoms with Crippen molar-refractivity contribution in [2.75, 3.05) is 0 Å². The maximum absolute atomic E-state index is 4.34. The van der Waals surface area contributed by atoms with Crippen molar-refractivity contribution < 1.29 is 0 Å². The fourth-order valence-electron chi connectivity index (χ4n) is 1.63. The first-order valence-electron chi connectivity index (χ1n) is 6.57. The van der Waals surface area contributed by atoms with Gasteiger partial charge in [0.15, 0.2) is 0 Å². The number of benzene rings is 2. The quantitative estimate of drug-likeness (QED) is 0.213. The monoisotopic (exact) mass is 582 g/mol. The summed E-state index contributed by atoms with van der Waals surface area (Å²) >= 11 is 17.1. The van der Waals surface area contributed by atoms with E-state index in [9.17, 15) is 0 Å². The number of hydrogen-bond donors (Lipinski definition) is 1. The molecule has 7 heteroatoms. The number of nitrogens with zero attached hydrogens (tertiary/aromatic N) is 1. The van der Waals surface area contributed by atoms with Crippen LogP contribution in [0.4, 0.5) is 0 Å². The Labute approximate surface area is 179 Å². The van der Waals surface area contributed by atoms with Gasteiger partial charge in [-0.25, -0.2) is 0 Å². The van der Waals surface area contributed by atoms with Crippen molar-refractivity contribution >= 4 is 84.2 Å². The van der Waals surface area contributed by atoms with Crippen molar-refractivity contribution in [3.05, 3.63) is 67.6 Å². The summed E-state index contributed by atoms with van der Waals surface area (Å²) < 4.78 is 5.12. The summed E-state index contributed by atoms with van der Waals surface area (Å²) in [6.45, 7) is 4.19. The third-order valence-electron chi connectivity index (χ3n) is 2.83. The van der Waals surface area contributed by atoms with E-state index in [0.717, 1.165) is 10.7 Å². The summed E-state index contributed by atoms with van der Waals surface area (Å²) in [5.74, 6) is 0. The van der Waals surface area contributed by atoms with Gasteiger partial charge in [-0.15, -0.1) is 0 Å². The van der Waals surface area contributed by atoms with Gasteiger partial charge in [0.05, 0.1) is 0 Å². The van der Waals surface area contributed by atoms with E-state index < -0.39 is 0 Å². The van der Waals surface area contributed by atoms with Gasteiger partial charge in [-0.3, -0.25) is 0 Å². The Morgan fingerprint density at radius 1 is 0.870 bits per heavy atom. The second kappa shape index (κ2) is 13.8. The van der Waals surface area contributed by atoms with Crippen molar-refractivity contribution in [3.63, 3.8) is 0 Å². The van der Waals surface area contributed by atoms with Gasteiger partial charge in [0.2, 0.25) is 0 Å². The molecule has 0 aliphatic heterocycles. The molecule has 0 bridgehead atoms. The van der Waals surface area contributed by atoms with Gasteiger partial charge in [-0.05, 0) is 36.1 Å². The zero-order chi connectivity index (χ0) is 17.8. The molecule has 2 rings (SSSR count). The second-order valence-corrected chi connectivity index (χ2v) is 7.42. The summed E-state index contributed by atoms with van der Waals surface area (Å²) in [4.78, 5) is 0. The minimum absolute atomic E-state index is 0.897. The van der Waals surface area contributed by atoms with Crippen LogP contribution in [0.1, 0.15) is 22.3 Å². The van der Waals surface area contributed by atoms with Crippen molar-refractivity contribution in [3.8, 4) is 0 Å². The minimum atomic E-state index is 0.897. The van der Waals surface area contributed by atoms with Crippen LogP contribution in [0.2, 0.25) is 0 Å². The van der Waals surface area contributed by atoms with E-state index in [1.165, 1.54) is 31.2 Å². The number of halogens is 4. The molecule has 123 valence electrons. The molecule has 0 unspecified atom stereocenters. The Morgan fingerprint density at radius 2 is 1.22 bits per heavy atom. The van der Waals surface area contributed by atoms with Crippen LogP contribution in [0.15, 0.2) is 49.6 Å². The molecule has 0 amide bonds. The molecule has 0 spiro atoms. The van der Waals surface area contributed by atoms with Gasteiger partial charge in [-0.1, -0.05) is 100 Å². The van der Waals surface area contributed by atoms with Gasteiger partial charge in [0, 0.05) is 19.6 Å². The van der Waals surface area contributed by atoms with Gasteiger partial charge in [0.25, 0.3) is 0 Å². The first-order chi connectivity index (χ1) is 10.9. The van der Waals surface area contributed by atoms with Crippen LogP contribution >= 0.6 is 76.5 Å². The van der Waals surface area contributed by atoms with E-state index in [2.05, 4.69) is 139 Å². The topological polar surface area (TPSA) is 12.4 Å². The van der Waals surface area contributed by atoms with Crippen molar-refractivity contribution in [1.82, 2.24) is 0 Å². The zero-order valence-electron chi connectivity index (χ0n) is 12.9. The molecule has 0 aliphatic carbocycles. The Bertz CT molecular complexity index is 581. The van der Waals surface area contributed by atoms with E-state index in [1.807, 2.05) is 0 Å². The average molecular weight is 586 g/mol. The molecule has 0 aromatic heterocycles. The third-order valence-corrected chi connectivity index (χ3v) is 6.31. The molecular formula is C16H17BBr4NS. The van der Waals surface area contributed by atoms with Crippen LogP contribution in [-0.4, -0.2) is 7.64 Å². The maximum atomic E-state index is 4.34. The summed E-state index contributed by atoms with van der Waals surface area (Å²) in [7, 11) is 4.34. The van der Waals surface area contributed by atoms with Crippen LogP contribution < -0.4 is 0 Å². The number of hydrogen-bond acceptors (Lipinski definition) is 2. The third kappa shape index (κ3) is 9.01. The molecule has 0 saturated carbocycles. The molecule has 1 radical (unpaired) electrons. The van der Waals surface area contributed by atoms with Crippen LogP contribution in [0.25, 0.3) is 0 Å². The van der Waals surface area contributed by atoms with Crippen LogP contribution in [-0.2, 0) is 10.7 Å². The fourth-order valence-corrected chi connectivity index (χ4v) is 4.13. The number of rotatable bonds is 2. The predicted molar refractivity (Wildman–Crippen MR) is 120 cm³/mol. The second-order valence-electron chi connectivity index (χ2n) is 4.48. The van der Waals surface area contributed by atoms with Crippen LogP contribution in [0, 0.1) is 13.8 Å². The predicted octanol–water partition coefficient (Wildman–Crippen LogP) is 7.49. The molecule has 0 N–H and O–H groups in total. The van der Waals surface area contributed by atoms with Crippen molar-refractivity contribution in [1.29, 1.82) is 0 Å². The molecule has 1 nitrogen and oxygen atoms in total. The fraction of sp³-hybridized carbons (Fsp3) is 0.250. The first kappa shape index (κ1) is 23.6. The SMILES string of the molecule is BrCc1cccc(CBr)c1Br.Cc1cccc(C)c1Br.[B]=NS. The molecule has 0 saturated heterocycles. The summed E-state index contributed by atoms with van der Waals surface area (Å²) in [6, 6.07) is 12.5. The number of alkyl halides is 2. The zero-order valence-corrected chi connectivity index (χ0v) is 20.1. The van der Waals surface area contributed by atoms with Crippen molar-refractivity contribution in [2.24, 2.45) is 4.30 Å². The molecule has 2 aromatic carbocycles. The summed E-state index contributed by atoms with van der Waals surface area (Å²) in [6.07, 6.45) is 0. The summed E-state index contributed by atoms with van der Waals surface area (Å²) in [5.41, 5.74) is 5.19.